The van der Waals surface area contributed by atoms with Crippen LogP contribution in [0.2, 0.25) is 0 Å². The van der Waals surface area contributed by atoms with Crippen molar-refractivity contribution in [2.24, 2.45) is 11.8 Å². The van der Waals surface area contributed by atoms with Crippen LogP contribution >= 0.6 is 0 Å². The Hall–Kier alpha value is -2.07. The molecule has 0 amide bonds. The number of hydrogen-bond acceptors (Lipinski definition) is 4. The van der Waals surface area contributed by atoms with Gasteiger partial charge in [0.05, 0.1) is 11.2 Å². The van der Waals surface area contributed by atoms with Gasteiger partial charge in [0.25, 0.3) is 0 Å². The first kappa shape index (κ1) is 18.7. The first-order valence-corrected chi connectivity index (χ1v) is 9.29. The quantitative estimate of drug-likeness (QED) is 0.623. The SMILES string of the molecule is CC1=CCC2=C(C)C[C@@](O)(C(C)C)[C@@H]2[C@@H](OC(=O)c2ccc(O)cc2)C1. The molecule has 2 N–H and O–H groups in total. The minimum atomic E-state index is -0.891. The van der Waals surface area contributed by atoms with Crippen molar-refractivity contribution in [3.05, 3.63) is 52.6 Å². The van der Waals surface area contributed by atoms with E-state index in [0.29, 0.717) is 18.4 Å². The number of benzene rings is 1. The molecule has 0 bridgehead atoms. The lowest BCUT2D eigenvalue weighted by molar-refractivity contribution is -0.0812. The highest BCUT2D eigenvalue weighted by Crippen LogP contribution is 2.50. The number of fused-ring (bicyclic) bond motifs is 1. The summed E-state index contributed by atoms with van der Waals surface area (Å²) in [5, 5.41) is 20.9. The van der Waals surface area contributed by atoms with Gasteiger partial charge < -0.3 is 14.9 Å². The Kier molecular flexibility index (Phi) is 4.98. The van der Waals surface area contributed by atoms with Crippen molar-refractivity contribution in [3.8, 4) is 5.75 Å². The van der Waals surface area contributed by atoms with Gasteiger partial charge in [-0.15, -0.1) is 0 Å². The van der Waals surface area contributed by atoms with Crippen LogP contribution in [-0.4, -0.2) is 27.9 Å². The highest BCUT2D eigenvalue weighted by atomic mass is 16.5. The van der Waals surface area contributed by atoms with Crippen LogP contribution in [0.1, 0.15) is 57.3 Å². The highest BCUT2D eigenvalue weighted by Gasteiger charge is 2.52. The number of carbonyl (C=O) groups is 1. The molecule has 1 aromatic rings. The molecule has 0 heterocycles. The van der Waals surface area contributed by atoms with Crippen molar-refractivity contribution in [1.29, 1.82) is 0 Å². The molecule has 4 nitrogen and oxygen atoms in total. The maximum absolute atomic E-state index is 12.7. The van der Waals surface area contributed by atoms with Gasteiger partial charge in [-0.25, -0.2) is 4.79 Å². The third-order valence-corrected chi connectivity index (χ3v) is 5.94. The number of allylic oxidation sites excluding steroid dienone is 1. The van der Waals surface area contributed by atoms with E-state index in [1.54, 1.807) is 12.1 Å². The number of ether oxygens (including phenoxy) is 1. The van der Waals surface area contributed by atoms with E-state index in [9.17, 15) is 15.0 Å². The fourth-order valence-electron chi connectivity index (χ4n) is 4.34. The molecular formula is C22H28O4. The van der Waals surface area contributed by atoms with Gasteiger partial charge in [0.15, 0.2) is 0 Å². The van der Waals surface area contributed by atoms with Gasteiger partial charge in [-0.1, -0.05) is 36.6 Å². The summed E-state index contributed by atoms with van der Waals surface area (Å²) in [5.41, 5.74) is 3.11. The summed E-state index contributed by atoms with van der Waals surface area (Å²) in [4.78, 5) is 12.7. The van der Waals surface area contributed by atoms with E-state index < -0.39 is 17.7 Å². The summed E-state index contributed by atoms with van der Waals surface area (Å²) in [5.74, 6) is -0.425. The molecule has 26 heavy (non-hydrogen) atoms. The number of phenols is 1. The number of carbonyl (C=O) groups excluding carboxylic acids is 1. The van der Waals surface area contributed by atoms with E-state index in [0.717, 1.165) is 6.42 Å². The summed E-state index contributed by atoms with van der Waals surface area (Å²) >= 11 is 0. The second-order valence-corrected chi connectivity index (χ2v) is 8.06. The third kappa shape index (κ3) is 3.30. The summed E-state index contributed by atoms with van der Waals surface area (Å²) in [6.45, 7) is 8.18. The molecule has 0 saturated heterocycles. The zero-order valence-electron chi connectivity index (χ0n) is 16.0. The molecule has 0 aliphatic heterocycles. The number of hydrogen-bond donors (Lipinski definition) is 2. The van der Waals surface area contributed by atoms with Crippen LogP contribution in [0.25, 0.3) is 0 Å². The largest absolute Gasteiger partial charge is 0.508 e. The van der Waals surface area contributed by atoms with E-state index in [-0.39, 0.29) is 17.6 Å². The Morgan fingerprint density at radius 3 is 2.50 bits per heavy atom. The Labute approximate surface area is 155 Å². The lowest BCUT2D eigenvalue weighted by atomic mass is 9.74. The van der Waals surface area contributed by atoms with Crippen molar-refractivity contribution in [2.45, 2.75) is 58.7 Å². The van der Waals surface area contributed by atoms with Crippen molar-refractivity contribution < 1.29 is 19.7 Å². The molecule has 0 radical (unpaired) electrons. The topological polar surface area (TPSA) is 66.8 Å². The van der Waals surface area contributed by atoms with Crippen LogP contribution in [0.4, 0.5) is 0 Å². The van der Waals surface area contributed by atoms with Crippen LogP contribution < -0.4 is 0 Å². The molecule has 0 unspecified atom stereocenters. The number of phenolic OH excluding ortho intramolecular Hbond substituents is 1. The fraction of sp³-hybridized carbons (Fsp3) is 0.500. The first-order chi connectivity index (χ1) is 12.2. The van der Waals surface area contributed by atoms with Crippen LogP contribution in [-0.2, 0) is 4.74 Å². The number of esters is 1. The third-order valence-electron chi connectivity index (χ3n) is 5.94. The second kappa shape index (κ2) is 6.92. The van der Waals surface area contributed by atoms with Crippen molar-refractivity contribution in [3.63, 3.8) is 0 Å². The Morgan fingerprint density at radius 2 is 1.88 bits per heavy atom. The van der Waals surface area contributed by atoms with Crippen LogP contribution in [0.15, 0.2) is 47.1 Å². The number of aliphatic hydroxyl groups is 1. The zero-order chi connectivity index (χ0) is 19.1. The molecule has 140 valence electrons. The standard InChI is InChI=1S/C22H28O4/c1-13(2)22(25)12-15(4)18-10-5-14(3)11-19(20(18)22)26-21(24)16-6-8-17(23)9-7-16/h5-9,13,19-20,23,25H,10-12H2,1-4H3/t19-,20-,22+/m0/s1. The predicted octanol–water partition coefficient (Wildman–Crippen LogP) is 4.38. The van der Waals surface area contributed by atoms with E-state index in [4.69, 9.17) is 4.74 Å². The maximum atomic E-state index is 12.7. The molecule has 0 saturated carbocycles. The van der Waals surface area contributed by atoms with E-state index in [1.165, 1.54) is 28.9 Å². The van der Waals surface area contributed by atoms with E-state index in [1.807, 2.05) is 20.8 Å². The van der Waals surface area contributed by atoms with Crippen LogP contribution in [0.3, 0.4) is 0 Å². The minimum absolute atomic E-state index is 0.0632. The van der Waals surface area contributed by atoms with Crippen molar-refractivity contribution in [2.75, 3.05) is 0 Å². The van der Waals surface area contributed by atoms with Gasteiger partial charge in [0.2, 0.25) is 0 Å². The van der Waals surface area contributed by atoms with Crippen molar-refractivity contribution in [1.82, 2.24) is 0 Å². The van der Waals surface area contributed by atoms with Gasteiger partial charge in [-0.3, -0.25) is 0 Å². The summed E-state index contributed by atoms with van der Waals surface area (Å²) in [6.07, 6.45) is 3.86. The summed E-state index contributed by atoms with van der Waals surface area (Å²) in [6, 6.07) is 6.07. The number of aromatic hydroxyl groups is 1. The maximum Gasteiger partial charge on any atom is 0.338 e. The van der Waals surface area contributed by atoms with E-state index >= 15 is 0 Å². The molecule has 3 atom stereocenters. The Balaban J connectivity index is 1.93. The lowest BCUT2D eigenvalue weighted by Crippen LogP contribution is -2.47. The average molecular weight is 356 g/mol. The van der Waals surface area contributed by atoms with Gasteiger partial charge in [-0.2, -0.15) is 0 Å². The smallest absolute Gasteiger partial charge is 0.338 e. The molecule has 0 fully saturated rings. The van der Waals surface area contributed by atoms with Gasteiger partial charge in [0.1, 0.15) is 11.9 Å². The van der Waals surface area contributed by atoms with Crippen LogP contribution in [0.5, 0.6) is 5.75 Å². The lowest BCUT2D eigenvalue weighted by Gasteiger charge is -2.39. The molecular weight excluding hydrogens is 328 g/mol. The fourth-order valence-corrected chi connectivity index (χ4v) is 4.34. The summed E-state index contributed by atoms with van der Waals surface area (Å²) in [7, 11) is 0. The second-order valence-electron chi connectivity index (χ2n) is 8.06. The van der Waals surface area contributed by atoms with Crippen molar-refractivity contribution >= 4 is 5.97 Å². The Bertz CT molecular complexity index is 757. The molecule has 2 aliphatic carbocycles. The zero-order valence-corrected chi connectivity index (χ0v) is 16.0. The van der Waals surface area contributed by atoms with Gasteiger partial charge in [-0.05, 0) is 56.9 Å². The van der Waals surface area contributed by atoms with Crippen LogP contribution in [0, 0.1) is 11.8 Å². The average Bonchev–Trinajstić information content (AvgIpc) is 2.72. The van der Waals surface area contributed by atoms with E-state index in [2.05, 4.69) is 13.0 Å². The predicted molar refractivity (Wildman–Crippen MR) is 101 cm³/mol. The first-order valence-electron chi connectivity index (χ1n) is 9.29. The monoisotopic (exact) mass is 356 g/mol. The molecule has 1 aromatic carbocycles. The highest BCUT2D eigenvalue weighted by molar-refractivity contribution is 5.89. The molecule has 4 heteroatoms. The molecule has 0 spiro atoms. The molecule has 2 aliphatic rings. The number of rotatable bonds is 3. The summed E-state index contributed by atoms with van der Waals surface area (Å²) < 4.78 is 5.92. The normalized spacial score (nSPS) is 28.6. The van der Waals surface area contributed by atoms with Gasteiger partial charge >= 0.3 is 5.97 Å². The minimum Gasteiger partial charge on any atom is -0.508 e. The Morgan fingerprint density at radius 1 is 1.23 bits per heavy atom. The molecule has 0 aromatic heterocycles. The molecule has 3 rings (SSSR count). The van der Waals surface area contributed by atoms with Gasteiger partial charge in [0, 0.05) is 12.3 Å².